The standard InChI is InChI=1S/C25H35F2N5O3S2/c1-15(2)14-37(34,35)31-18-7-5-17(6-8-18)29-25-30-24(28)23(36-25)22(33)21-19(26)11-16(12-20(21)27)13-32-9-3-4-10-32/h11-12,15,17-18,31H,3-10,13-14,28H2,1-2H3,(H,29,30). The van der Waals surface area contributed by atoms with Crippen molar-refractivity contribution in [2.75, 3.05) is 29.9 Å². The summed E-state index contributed by atoms with van der Waals surface area (Å²) in [6.07, 6.45) is 4.89. The van der Waals surface area contributed by atoms with Crippen molar-refractivity contribution in [3.8, 4) is 0 Å². The Morgan fingerprint density at radius 2 is 1.73 bits per heavy atom. The van der Waals surface area contributed by atoms with E-state index in [0.717, 1.165) is 37.3 Å². The number of hydrogen-bond donors (Lipinski definition) is 3. The molecule has 1 aromatic carbocycles. The molecule has 2 heterocycles. The van der Waals surface area contributed by atoms with Gasteiger partial charge < -0.3 is 11.1 Å². The number of aromatic nitrogens is 1. The van der Waals surface area contributed by atoms with E-state index in [1.54, 1.807) is 0 Å². The number of anilines is 2. The van der Waals surface area contributed by atoms with Gasteiger partial charge in [-0.1, -0.05) is 25.2 Å². The van der Waals surface area contributed by atoms with Crippen molar-refractivity contribution in [1.29, 1.82) is 0 Å². The first-order valence-corrected chi connectivity index (χ1v) is 15.3. The number of thiazole rings is 1. The quantitative estimate of drug-likeness (QED) is 0.378. The number of halogens is 2. The molecule has 1 saturated carbocycles. The van der Waals surface area contributed by atoms with Crippen LogP contribution in [0.4, 0.5) is 19.7 Å². The fourth-order valence-corrected chi connectivity index (χ4v) is 7.70. The van der Waals surface area contributed by atoms with E-state index in [-0.39, 0.29) is 34.4 Å². The Morgan fingerprint density at radius 3 is 2.32 bits per heavy atom. The third-order valence-corrected chi connectivity index (χ3v) is 9.55. The Labute approximate surface area is 221 Å². The van der Waals surface area contributed by atoms with Gasteiger partial charge in [0.05, 0.1) is 11.3 Å². The lowest BCUT2D eigenvalue weighted by atomic mass is 9.92. The fourth-order valence-electron chi connectivity index (χ4n) is 5.07. The highest BCUT2D eigenvalue weighted by molar-refractivity contribution is 7.89. The first-order chi connectivity index (χ1) is 17.5. The molecule has 4 N–H and O–H groups in total. The van der Waals surface area contributed by atoms with Gasteiger partial charge in [0.15, 0.2) is 5.13 Å². The van der Waals surface area contributed by atoms with E-state index in [9.17, 15) is 22.0 Å². The van der Waals surface area contributed by atoms with Crippen molar-refractivity contribution in [1.82, 2.24) is 14.6 Å². The number of hydrogen-bond acceptors (Lipinski definition) is 8. The largest absolute Gasteiger partial charge is 0.382 e. The Morgan fingerprint density at radius 1 is 1.14 bits per heavy atom. The zero-order chi connectivity index (χ0) is 26.7. The maximum atomic E-state index is 14.9. The summed E-state index contributed by atoms with van der Waals surface area (Å²) in [5, 5.41) is 3.65. The second-order valence-electron chi connectivity index (χ2n) is 10.5. The number of ketones is 1. The minimum absolute atomic E-state index is 0.0114. The molecule has 1 aliphatic carbocycles. The van der Waals surface area contributed by atoms with Gasteiger partial charge in [0.25, 0.3) is 0 Å². The predicted molar refractivity (Wildman–Crippen MR) is 142 cm³/mol. The smallest absolute Gasteiger partial charge is 0.212 e. The van der Waals surface area contributed by atoms with E-state index in [1.807, 2.05) is 13.8 Å². The van der Waals surface area contributed by atoms with Crippen LogP contribution >= 0.6 is 11.3 Å². The minimum Gasteiger partial charge on any atom is -0.382 e. The summed E-state index contributed by atoms with van der Waals surface area (Å²) >= 11 is 0.972. The average molecular weight is 556 g/mol. The van der Waals surface area contributed by atoms with Crippen LogP contribution in [0, 0.1) is 17.6 Å². The monoisotopic (exact) mass is 555 g/mol. The van der Waals surface area contributed by atoms with Crippen molar-refractivity contribution in [3.05, 3.63) is 39.8 Å². The number of sulfonamides is 1. The summed E-state index contributed by atoms with van der Waals surface area (Å²) in [7, 11) is -3.31. The van der Waals surface area contributed by atoms with E-state index in [2.05, 4.69) is 19.9 Å². The number of nitrogens with two attached hydrogens (primary N) is 1. The van der Waals surface area contributed by atoms with Gasteiger partial charge in [-0.2, -0.15) is 0 Å². The number of carbonyl (C=O) groups excluding carboxylic acids is 1. The highest BCUT2D eigenvalue weighted by atomic mass is 32.2. The Balaban J connectivity index is 1.37. The van der Waals surface area contributed by atoms with Gasteiger partial charge >= 0.3 is 0 Å². The lowest BCUT2D eigenvalue weighted by Crippen LogP contribution is -2.41. The number of benzene rings is 1. The molecule has 1 aliphatic heterocycles. The van der Waals surface area contributed by atoms with Crippen LogP contribution in [0.1, 0.15) is 73.2 Å². The molecule has 0 radical (unpaired) electrons. The summed E-state index contributed by atoms with van der Waals surface area (Å²) in [5.74, 6) is -2.55. The van der Waals surface area contributed by atoms with Gasteiger partial charge in [0.1, 0.15) is 22.3 Å². The van der Waals surface area contributed by atoms with E-state index in [0.29, 0.717) is 42.9 Å². The van der Waals surface area contributed by atoms with E-state index in [4.69, 9.17) is 5.73 Å². The first kappa shape index (κ1) is 27.9. The zero-order valence-corrected chi connectivity index (χ0v) is 22.9. The molecule has 2 fully saturated rings. The van der Waals surface area contributed by atoms with Crippen molar-refractivity contribution < 1.29 is 22.0 Å². The topological polar surface area (TPSA) is 117 Å². The molecule has 2 aromatic rings. The third kappa shape index (κ3) is 7.24. The second-order valence-corrected chi connectivity index (χ2v) is 13.3. The van der Waals surface area contributed by atoms with Gasteiger partial charge in [0, 0.05) is 18.6 Å². The minimum atomic E-state index is -3.31. The second kappa shape index (κ2) is 11.7. The Bertz CT molecular complexity index is 1200. The number of nitrogens with one attached hydrogen (secondary N) is 2. The van der Waals surface area contributed by atoms with Crippen LogP contribution in [-0.2, 0) is 16.6 Å². The molecule has 0 unspecified atom stereocenters. The van der Waals surface area contributed by atoms with Gasteiger partial charge in [0.2, 0.25) is 15.8 Å². The molecule has 0 bridgehead atoms. The first-order valence-electron chi connectivity index (χ1n) is 12.8. The van der Waals surface area contributed by atoms with Gasteiger partial charge in [-0.3, -0.25) is 9.69 Å². The molecular formula is C25H35F2N5O3S2. The zero-order valence-electron chi connectivity index (χ0n) is 21.2. The van der Waals surface area contributed by atoms with Gasteiger partial charge in [-0.15, -0.1) is 0 Å². The summed E-state index contributed by atoms with van der Waals surface area (Å²) < 4.78 is 56.9. The lowest BCUT2D eigenvalue weighted by molar-refractivity contribution is 0.103. The molecule has 4 rings (SSSR count). The van der Waals surface area contributed by atoms with Crippen LogP contribution in [0.25, 0.3) is 0 Å². The average Bonchev–Trinajstić information content (AvgIpc) is 3.42. The normalized spacial score (nSPS) is 21.0. The van der Waals surface area contributed by atoms with Crippen LogP contribution in [0.5, 0.6) is 0 Å². The molecule has 0 atom stereocenters. The Kier molecular flexibility index (Phi) is 8.82. The van der Waals surface area contributed by atoms with Crippen LogP contribution in [0.3, 0.4) is 0 Å². The van der Waals surface area contributed by atoms with Crippen molar-refractivity contribution in [2.45, 2.75) is 71.0 Å². The number of rotatable bonds is 10. The molecule has 8 nitrogen and oxygen atoms in total. The summed E-state index contributed by atoms with van der Waals surface area (Å²) in [5.41, 5.74) is 5.84. The summed E-state index contributed by atoms with van der Waals surface area (Å²) in [6, 6.07) is 2.36. The van der Waals surface area contributed by atoms with E-state index >= 15 is 0 Å². The van der Waals surface area contributed by atoms with Gasteiger partial charge in [-0.05, 0) is 75.2 Å². The van der Waals surface area contributed by atoms with Crippen molar-refractivity contribution >= 4 is 38.1 Å². The molecule has 1 aromatic heterocycles. The highest BCUT2D eigenvalue weighted by Crippen LogP contribution is 2.32. The van der Waals surface area contributed by atoms with Crippen LogP contribution in [0.15, 0.2) is 12.1 Å². The fraction of sp³-hybridized carbons (Fsp3) is 0.600. The molecule has 37 heavy (non-hydrogen) atoms. The molecule has 2 aliphatic rings. The number of likely N-dealkylation sites (tertiary alicyclic amines) is 1. The Hall–Kier alpha value is -2.15. The van der Waals surface area contributed by atoms with Crippen LogP contribution in [-0.4, -0.2) is 55.0 Å². The molecular weight excluding hydrogens is 520 g/mol. The molecule has 0 amide bonds. The molecule has 0 spiro atoms. The van der Waals surface area contributed by atoms with Crippen molar-refractivity contribution in [2.24, 2.45) is 5.92 Å². The molecule has 12 heteroatoms. The van der Waals surface area contributed by atoms with Crippen LogP contribution < -0.4 is 15.8 Å². The molecule has 1 saturated heterocycles. The lowest BCUT2D eigenvalue weighted by Gasteiger charge is -2.29. The summed E-state index contributed by atoms with van der Waals surface area (Å²) in [6.45, 7) is 5.97. The van der Waals surface area contributed by atoms with Gasteiger partial charge in [-0.25, -0.2) is 26.9 Å². The number of carbonyl (C=O) groups is 1. The number of nitrogen functional groups attached to an aromatic ring is 1. The maximum Gasteiger partial charge on any atom is 0.212 e. The van der Waals surface area contributed by atoms with Crippen LogP contribution in [0.2, 0.25) is 0 Å². The van der Waals surface area contributed by atoms with E-state index in [1.165, 1.54) is 12.1 Å². The highest BCUT2D eigenvalue weighted by Gasteiger charge is 2.28. The maximum absolute atomic E-state index is 14.9. The molecule has 204 valence electrons. The van der Waals surface area contributed by atoms with E-state index < -0.39 is 33.0 Å². The third-order valence-electron chi connectivity index (χ3n) is 6.75. The number of nitrogens with zero attached hydrogens (tertiary/aromatic N) is 2. The predicted octanol–water partition coefficient (Wildman–Crippen LogP) is 4.13. The SMILES string of the molecule is CC(C)CS(=O)(=O)NC1CCC(Nc2nc(N)c(C(=O)c3c(F)cc(CN4CCCC4)cc3F)s2)CC1. The summed E-state index contributed by atoms with van der Waals surface area (Å²) in [4.78, 5) is 19.4. The van der Waals surface area contributed by atoms with Crippen molar-refractivity contribution in [3.63, 3.8) is 0 Å².